The summed E-state index contributed by atoms with van der Waals surface area (Å²) in [5, 5.41) is 12.2. The Morgan fingerprint density at radius 1 is 1.17 bits per heavy atom. The van der Waals surface area contributed by atoms with Gasteiger partial charge in [0.05, 0.1) is 5.56 Å². The summed E-state index contributed by atoms with van der Waals surface area (Å²) in [4.78, 5) is 10.9. The Morgan fingerprint density at radius 2 is 1.96 bits per heavy atom. The van der Waals surface area contributed by atoms with E-state index in [1.165, 1.54) is 5.56 Å². The molecule has 2 aromatic carbocycles. The molecule has 0 heterocycles. The van der Waals surface area contributed by atoms with Crippen molar-refractivity contribution >= 4 is 5.97 Å². The maximum atomic E-state index is 10.9. The Morgan fingerprint density at radius 3 is 2.70 bits per heavy atom. The Labute approximate surface area is 137 Å². The molecule has 0 saturated carbocycles. The number of hydrogen-bond donors (Lipinski definition) is 2. The average Bonchev–Trinajstić information content (AvgIpc) is 2.55. The van der Waals surface area contributed by atoms with Crippen molar-refractivity contribution in [2.24, 2.45) is 0 Å². The molecule has 4 heteroatoms. The Hall–Kier alpha value is -2.33. The molecule has 0 bridgehead atoms. The predicted molar refractivity (Wildman–Crippen MR) is 91.1 cm³/mol. The maximum absolute atomic E-state index is 10.9. The van der Waals surface area contributed by atoms with Crippen molar-refractivity contribution in [3.05, 3.63) is 65.2 Å². The number of aromatic carboxylic acids is 1. The second-order valence-electron chi connectivity index (χ2n) is 5.72. The molecule has 0 amide bonds. The zero-order chi connectivity index (χ0) is 16.7. The van der Waals surface area contributed by atoms with Gasteiger partial charge in [0.1, 0.15) is 12.4 Å². The molecule has 122 valence electrons. The lowest BCUT2D eigenvalue weighted by Crippen LogP contribution is -2.21. The highest BCUT2D eigenvalue weighted by Crippen LogP contribution is 2.25. The molecule has 0 fully saturated rings. The largest absolute Gasteiger partial charge is 0.492 e. The first kappa shape index (κ1) is 17.0. The van der Waals surface area contributed by atoms with E-state index >= 15 is 0 Å². The van der Waals surface area contributed by atoms with Crippen LogP contribution >= 0.6 is 0 Å². The fourth-order valence-electron chi connectivity index (χ4n) is 2.37. The van der Waals surface area contributed by atoms with Gasteiger partial charge in [0.25, 0.3) is 0 Å². The molecule has 0 unspecified atom stereocenters. The van der Waals surface area contributed by atoms with Gasteiger partial charge in [-0.25, -0.2) is 4.79 Å². The number of carboxylic acid groups (broad SMARTS) is 1. The SMILES string of the molecule is CC(C)c1ccccc1OCCNCc1cccc(C(=O)O)c1. The van der Waals surface area contributed by atoms with Crippen molar-refractivity contribution < 1.29 is 14.6 Å². The van der Waals surface area contributed by atoms with Crippen LogP contribution in [0, 0.1) is 0 Å². The van der Waals surface area contributed by atoms with Gasteiger partial charge in [-0.2, -0.15) is 0 Å². The van der Waals surface area contributed by atoms with Crippen LogP contribution in [-0.4, -0.2) is 24.2 Å². The molecule has 0 aliphatic heterocycles. The second kappa shape index (κ2) is 8.34. The van der Waals surface area contributed by atoms with E-state index in [2.05, 4.69) is 25.2 Å². The van der Waals surface area contributed by atoms with Crippen LogP contribution in [0.15, 0.2) is 48.5 Å². The lowest BCUT2D eigenvalue weighted by Gasteiger charge is -2.14. The standard InChI is InChI=1S/C19H23NO3/c1-14(2)17-8-3-4-9-18(17)23-11-10-20-13-15-6-5-7-16(12-15)19(21)22/h3-9,12,14,20H,10-11,13H2,1-2H3,(H,21,22). The molecule has 0 aliphatic carbocycles. The van der Waals surface area contributed by atoms with Crippen molar-refractivity contribution in [3.8, 4) is 5.75 Å². The Balaban J connectivity index is 1.78. The van der Waals surface area contributed by atoms with Crippen LogP contribution in [-0.2, 0) is 6.54 Å². The first-order valence-corrected chi connectivity index (χ1v) is 7.82. The normalized spacial score (nSPS) is 10.7. The monoisotopic (exact) mass is 313 g/mol. The van der Waals surface area contributed by atoms with E-state index in [1.807, 2.05) is 24.3 Å². The van der Waals surface area contributed by atoms with Gasteiger partial charge in [0, 0.05) is 13.1 Å². The van der Waals surface area contributed by atoms with Crippen LogP contribution in [0.3, 0.4) is 0 Å². The van der Waals surface area contributed by atoms with Gasteiger partial charge in [0.15, 0.2) is 0 Å². The highest BCUT2D eigenvalue weighted by atomic mass is 16.5. The summed E-state index contributed by atoms with van der Waals surface area (Å²) in [6.07, 6.45) is 0. The number of rotatable bonds is 8. The number of ether oxygens (including phenoxy) is 1. The van der Waals surface area contributed by atoms with Crippen molar-refractivity contribution in [3.63, 3.8) is 0 Å². The molecule has 4 nitrogen and oxygen atoms in total. The summed E-state index contributed by atoms with van der Waals surface area (Å²) < 4.78 is 5.84. The quantitative estimate of drug-likeness (QED) is 0.730. The third kappa shape index (κ3) is 5.11. The molecule has 23 heavy (non-hydrogen) atoms. The molecule has 2 aromatic rings. The van der Waals surface area contributed by atoms with Crippen molar-refractivity contribution in [2.45, 2.75) is 26.3 Å². The fraction of sp³-hybridized carbons (Fsp3) is 0.316. The number of benzene rings is 2. The number of carboxylic acids is 1. The lowest BCUT2D eigenvalue weighted by atomic mass is 10.0. The van der Waals surface area contributed by atoms with Crippen LogP contribution < -0.4 is 10.1 Å². The summed E-state index contributed by atoms with van der Waals surface area (Å²) >= 11 is 0. The van der Waals surface area contributed by atoms with Crippen molar-refractivity contribution in [1.82, 2.24) is 5.32 Å². The van der Waals surface area contributed by atoms with Gasteiger partial charge in [-0.15, -0.1) is 0 Å². The topological polar surface area (TPSA) is 58.6 Å². The van der Waals surface area contributed by atoms with Crippen LogP contribution in [0.2, 0.25) is 0 Å². The molecule has 2 rings (SSSR count). The van der Waals surface area contributed by atoms with Crippen LogP contribution in [0.4, 0.5) is 0 Å². The number of carbonyl (C=O) groups is 1. The van der Waals surface area contributed by atoms with Crippen LogP contribution in [0.25, 0.3) is 0 Å². The minimum absolute atomic E-state index is 0.311. The molecule has 0 saturated heterocycles. The number of nitrogens with one attached hydrogen (secondary N) is 1. The summed E-state index contributed by atoms with van der Waals surface area (Å²) in [7, 11) is 0. The third-order valence-electron chi connectivity index (χ3n) is 3.58. The van der Waals surface area contributed by atoms with E-state index in [-0.39, 0.29) is 0 Å². The van der Waals surface area contributed by atoms with Gasteiger partial charge < -0.3 is 15.2 Å². The molecule has 0 aromatic heterocycles. The zero-order valence-corrected chi connectivity index (χ0v) is 13.6. The van der Waals surface area contributed by atoms with E-state index in [0.717, 1.165) is 11.3 Å². The van der Waals surface area contributed by atoms with E-state index in [0.29, 0.717) is 31.2 Å². The summed E-state index contributed by atoms with van der Waals surface area (Å²) in [6.45, 7) is 6.19. The molecule has 0 atom stereocenters. The van der Waals surface area contributed by atoms with E-state index < -0.39 is 5.97 Å². The van der Waals surface area contributed by atoms with Crippen LogP contribution in [0.1, 0.15) is 41.3 Å². The first-order valence-electron chi connectivity index (χ1n) is 7.82. The third-order valence-corrected chi connectivity index (χ3v) is 3.58. The van der Waals surface area contributed by atoms with Gasteiger partial charge in [-0.3, -0.25) is 0 Å². The highest BCUT2D eigenvalue weighted by Gasteiger charge is 2.06. The number of para-hydroxylation sites is 1. The molecule has 0 aliphatic rings. The van der Waals surface area contributed by atoms with E-state index in [4.69, 9.17) is 9.84 Å². The Kier molecular flexibility index (Phi) is 6.18. The van der Waals surface area contributed by atoms with Crippen LogP contribution in [0.5, 0.6) is 5.75 Å². The minimum atomic E-state index is -0.902. The smallest absolute Gasteiger partial charge is 0.335 e. The average molecular weight is 313 g/mol. The number of hydrogen-bond acceptors (Lipinski definition) is 3. The second-order valence-corrected chi connectivity index (χ2v) is 5.72. The van der Waals surface area contributed by atoms with Gasteiger partial charge in [-0.1, -0.05) is 44.2 Å². The van der Waals surface area contributed by atoms with Crippen molar-refractivity contribution in [1.29, 1.82) is 0 Å². The molecular weight excluding hydrogens is 290 g/mol. The minimum Gasteiger partial charge on any atom is -0.492 e. The summed E-state index contributed by atoms with van der Waals surface area (Å²) in [5.74, 6) is 0.454. The Bertz CT molecular complexity index is 653. The van der Waals surface area contributed by atoms with E-state index in [1.54, 1.807) is 18.2 Å². The lowest BCUT2D eigenvalue weighted by molar-refractivity contribution is 0.0696. The first-order chi connectivity index (χ1) is 11.1. The predicted octanol–water partition coefficient (Wildman–Crippen LogP) is 3.68. The highest BCUT2D eigenvalue weighted by molar-refractivity contribution is 5.87. The van der Waals surface area contributed by atoms with Crippen molar-refractivity contribution in [2.75, 3.05) is 13.2 Å². The summed E-state index contributed by atoms with van der Waals surface area (Å²) in [6, 6.07) is 15.0. The molecule has 0 radical (unpaired) electrons. The molecular formula is C19H23NO3. The van der Waals surface area contributed by atoms with Gasteiger partial charge in [-0.05, 0) is 35.2 Å². The molecule has 0 spiro atoms. The fourth-order valence-corrected chi connectivity index (χ4v) is 2.37. The molecule has 2 N–H and O–H groups in total. The maximum Gasteiger partial charge on any atom is 0.335 e. The van der Waals surface area contributed by atoms with Gasteiger partial charge >= 0.3 is 5.97 Å². The van der Waals surface area contributed by atoms with Gasteiger partial charge in [0.2, 0.25) is 0 Å². The van der Waals surface area contributed by atoms with E-state index in [9.17, 15) is 4.79 Å². The summed E-state index contributed by atoms with van der Waals surface area (Å²) in [5.41, 5.74) is 2.47. The zero-order valence-electron chi connectivity index (χ0n) is 13.6.